The van der Waals surface area contributed by atoms with E-state index in [1.54, 1.807) is 6.20 Å². The van der Waals surface area contributed by atoms with Gasteiger partial charge in [0, 0.05) is 28.7 Å². The highest BCUT2D eigenvalue weighted by Crippen LogP contribution is 2.25. The van der Waals surface area contributed by atoms with Gasteiger partial charge in [-0.2, -0.15) is 10.1 Å². The average molecular weight is 445 g/mol. The first kappa shape index (κ1) is 21.1. The van der Waals surface area contributed by atoms with E-state index in [9.17, 15) is 0 Å². The van der Waals surface area contributed by atoms with E-state index >= 15 is 0 Å². The molecular formula is C24H21ClN6O. The van der Waals surface area contributed by atoms with Crippen LogP contribution in [0.1, 0.15) is 5.69 Å². The molecule has 8 heteroatoms. The smallest absolute Gasteiger partial charge is 0.229 e. The fourth-order valence-corrected chi connectivity index (χ4v) is 3.22. The van der Waals surface area contributed by atoms with Crippen molar-refractivity contribution in [3.8, 4) is 11.5 Å². The number of H-pyrrole nitrogens is 1. The average Bonchev–Trinajstić information content (AvgIpc) is 3.16. The Hall–Kier alpha value is -4.10. The maximum atomic E-state index is 5.83. The Morgan fingerprint density at radius 2 is 1.56 bits per heavy atom. The van der Waals surface area contributed by atoms with Crippen LogP contribution in [0.15, 0.2) is 85.1 Å². The summed E-state index contributed by atoms with van der Waals surface area (Å²) in [6, 6.07) is 25.2. The first-order valence-electron chi connectivity index (χ1n) is 9.88. The van der Waals surface area contributed by atoms with Crippen molar-refractivity contribution < 1.29 is 4.74 Å². The van der Waals surface area contributed by atoms with Crippen molar-refractivity contribution >= 4 is 46.5 Å². The van der Waals surface area contributed by atoms with E-state index in [4.69, 9.17) is 4.74 Å². The van der Waals surface area contributed by atoms with Gasteiger partial charge in [-0.15, -0.1) is 12.4 Å². The van der Waals surface area contributed by atoms with Crippen LogP contribution in [0.25, 0.3) is 10.9 Å². The van der Waals surface area contributed by atoms with Crippen LogP contribution in [-0.4, -0.2) is 20.2 Å². The molecule has 0 fully saturated rings. The van der Waals surface area contributed by atoms with Gasteiger partial charge in [-0.1, -0.05) is 18.2 Å². The van der Waals surface area contributed by atoms with Crippen LogP contribution < -0.4 is 15.4 Å². The van der Waals surface area contributed by atoms with Gasteiger partial charge in [0.2, 0.25) is 5.95 Å². The second-order valence-electron chi connectivity index (χ2n) is 7.04. The zero-order valence-corrected chi connectivity index (χ0v) is 18.1. The molecule has 0 aliphatic heterocycles. The van der Waals surface area contributed by atoms with Gasteiger partial charge >= 0.3 is 0 Å². The van der Waals surface area contributed by atoms with Gasteiger partial charge in [-0.25, -0.2) is 4.98 Å². The molecule has 5 aromatic rings. The van der Waals surface area contributed by atoms with Crippen molar-refractivity contribution in [2.75, 3.05) is 10.6 Å². The predicted molar refractivity (Wildman–Crippen MR) is 130 cm³/mol. The molecule has 0 amide bonds. The fraction of sp³-hybridized carbons (Fsp3) is 0.0417. The summed E-state index contributed by atoms with van der Waals surface area (Å²) >= 11 is 0. The van der Waals surface area contributed by atoms with E-state index in [-0.39, 0.29) is 12.4 Å². The van der Waals surface area contributed by atoms with E-state index in [0.29, 0.717) is 11.8 Å². The van der Waals surface area contributed by atoms with E-state index in [0.717, 1.165) is 39.5 Å². The van der Waals surface area contributed by atoms with E-state index in [1.165, 1.54) is 0 Å². The van der Waals surface area contributed by atoms with Crippen molar-refractivity contribution in [1.29, 1.82) is 0 Å². The van der Waals surface area contributed by atoms with Crippen molar-refractivity contribution in [2.45, 2.75) is 6.92 Å². The number of ether oxygens (including phenoxy) is 1. The number of para-hydroxylation sites is 1. The topological polar surface area (TPSA) is 87.8 Å². The summed E-state index contributed by atoms with van der Waals surface area (Å²) in [4.78, 5) is 8.86. The Balaban J connectivity index is 0.00000245. The molecule has 3 N–H and O–H groups in total. The number of benzene rings is 3. The van der Waals surface area contributed by atoms with Crippen LogP contribution in [0.3, 0.4) is 0 Å². The highest BCUT2D eigenvalue weighted by atomic mass is 35.5. The molecule has 0 unspecified atom stereocenters. The summed E-state index contributed by atoms with van der Waals surface area (Å²) in [6.45, 7) is 2.00. The number of aromatic amines is 1. The number of fused-ring (bicyclic) bond motifs is 1. The lowest BCUT2D eigenvalue weighted by Crippen LogP contribution is -2.00. The summed E-state index contributed by atoms with van der Waals surface area (Å²) in [5.74, 6) is 2.76. The van der Waals surface area contributed by atoms with Gasteiger partial charge in [-0.3, -0.25) is 5.10 Å². The SMILES string of the molecule is Cc1[nH]nc2cc(Nc3nccc(Nc4ccc(Oc5ccccc5)cc4)n3)ccc12.Cl. The minimum atomic E-state index is 0. The molecule has 0 aliphatic carbocycles. The Morgan fingerprint density at radius 1 is 0.812 bits per heavy atom. The van der Waals surface area contributed by atoms with Gasteiger partial charge in [0.05, 0.1) is 5.52 Å². The van der Waals surface area contributed by atoms with Gasteiger partial charge in [-0.05, 0) is 67.6 Å². The van der Waals surface area contributed by atoms with E-state index in [2.05, 4.69) is 30.8 Å². The lowest BCUT2D eigenvalue weighted by molar-refractivity contribution is 0.483. The molecule has 0 spiro atoms. The standard InChI is InChI=1S/C24H20N6O.ClH/c1-16-21-12-9-18(15-22(21)30-29-16)27-24-25-14-13-23(28-24)26-17-7-10-20(11-8-17)31-19-5-3-2-4-6-19;/h2-15H,1H3,(H,29,30)(H2,25,26,27,28);1H. The maximum Gasteiger partial charge on any atom is 0.229 e. The number of nitrogens with zero attached hydrogens (tertiary/aromatic N) is 3. The predicted octanol–water partition coefficient (Wildman–Crippen LogP) is 6.36. The van der Waals surface area contributed by atoms with E-state index < -0.39 is 0 Å². The molecule has 5 rings (SSSR count). The van der Waals surface area contributed by atoms with Crippen LogP contribution >= 0.6 is 12.4 Å². The summed E-state index contributed by atoms with van der Waals surface area (Å²) < 4.78 is 5.83. The lowest BCUT2D eigenvalue weighted by Gasteiger charge is -2.10. The molecule has 160 valence electrons. The molecule has 0 radical (unpaired) electrons. The maximum absolute atomic E-state index is 5.83. The summed E-state index contributed by atoms with van der Waals surface area (Å²) in [5, 5.41) is 14.9. The molecule has 0 saturated carbocycles. The number of halogens is 1. The Morgan fingerprint density at radius 3 is 2.38 bits per heavy atom. The molecule has 32 heavy (non-hydrogen) atoms. The first-order valence-corrected chi connectivity index (χ1v) is 9.88. The van der Waals surface area contributed by atoms with Gasteiger partial charge in [0.25, 0.3) is 0 Å². The van der Waals surface area contributed by atoms with Crippen LogP contribution in [0.5, 0.6) is 11.5 Å². The molecule has 3 aromatic carbocycles. The quantitative estimate of drug-likeness (QED) is 0.282. The second kappa shape index (κ2) is 9.36. The monoisotopic (exact) mass is 444 g/mol. The summed E-state index contributed by atoms with van der Waals surface area (Å²) in [5.41, 5.74) is 3.72. The number of hydrogen-bond donors (Lipinski definition) is 3. The van der Waals surface area contributed by atoms with Gasteiger partial charge < -0.3 is 15.4 Å². The Labute approximate surface area is 191 Å². The number of aromatic nitrogens is 4. The first-order chi connectivity index (χ1) is 15.2. The van der Waals surface area contributed by atoms with Crippen molar-refractivity contribution in [1.82, 2.24) is 20.2 Å². The number of anilines is 4. The van der Waals surface area contributed by atoms with Crippen LogP contribution in [-0.2, 0) is 0 Å². The lowest BCUT2D eigenvalue weighted by atomic mass is 10.2. The zero-order valence-electron chi connectivity index (χ0n) is 17.2. The molecule has 0 atom stereocenters. The molecule has 0 aliphatic rings. The number of aryl methyl sites for hydroxylation is 1. The highest BCUT2D eigenvalue weighted by molar-refractivity contribution is 5.85. The molecule has 2 heterocycles. The molecular weight excluding hydrogens is 424 g/mol. The number of nitrogens with one attached hydrogen (secondary N) is 3. The minimum Gasteiger partial charge on any atom is -0.457 e. The second-order valence-corrected chi connectivity index (χ2v) is 7.04. The Kier molecular flexibility index (Phi) is 6.19. The van der Waals surface area contributed by atoms with E-state index in [1.807, 2.05) is 85.8 Å². The molecule has 2 aromatic heterocycles. The van der Waals surface area contributed by atoms with Crippen LogP contribution in [0, 0.1) is 6.92 Å². The highest BCUT2D eigenvalue weighted by Gasteiger charge is 2.05. The van der Waals surface area contributed by atoms with Crippen LogP contribution in [0.2, 0.25) is 0 Å². The van der Waals surface area contributed by atoms with Crippen molar-refractivity contribution in [3.63, 3.8) is 0 Å². The molecule has 0 bridgehead atoms. The van der Waals surface area contributed by atoms with Crippen molar-refractivity contribution in [2.24, 2.45) is 0 Å². The fourth-order valence-electron chi connectivity index (χ4n) is 3.22. The molecule has 7 nitrogen and oxygen atoms in total. The summed E-state index contributed by atoms with van der Waals surface area (Å²) in [7, 11) is 0. The van der Waals surface area contributed by atoms with Crippen molar-refractivity contribution in [3.05, 3.63) is 90.8 Å². The zero-order chi connectivity index (χ0) is 21.0. The number of hydrogen-bond acceptors (Lipinski definition) is 6. The van der Waals surface area contributed by atoms with Crippen LogP contribution in [0.4, 0.5) is 23.1 Å². The Bertz CT molecular complexity index is 1320. The molecule has 0 saturated heterocycles. The number of rotatable bonds is 6. The third-order valence-electron chi connectivity index (χ3n) is 4.76. The third kappa shape index (κ3) is 4.79. The normalized spacial score (nSPS) is 10.4. The third-order valence-corrected chi connectivity index (χ3v) is 4.76. The van der Waals surface area contributed by atoms with Gasteiger partial charge in [0.1, 0.15) is 17.3 Å². The minimum absolute atomic E-state index is 0. The summed E-state index contributed by atoms with van der Waals surface area (Å²) in [6.07, 6.45) is 1.71. The van der Waals surface area contributed by atoms with Gasteiger partial charge in [0.15, 0.2) is 0 Å². The largest absolute Gasteiger partial charge is 0.457 e.